The number of guanidine groups is 1. The summed E-state index contributed by atoms with van der Waals surface area (Å²) in [6, 6.07) is 18.2. The monoisotopic (exact) mass is 464 g/mol. The fraction of sp³-hybridized carbons (Fsp3) is 0.208. The van der Waals surface area contributed by atoms with E-state index in [4.69, 9.17) is 5.73 Å². The van der Waals surface area contributed by atoms with Gasteiger partial charge in [0.05, 0.1) is 5.25 Å². The van der Waals surface area contributed by atoms with Crippen molar-refractivity contribution in [2.24, 2.45) is 10.7 Å². The number of benzene rings is 2. The molecule has 0 fully saturated rings. The van der Waals surface area contributed by atoms with Gasteiger partial charge in [0.1, 0.15) is 0 Å². The number of nitrogens with two attached hydrogens (primary N) is 1. The molecule has 3 N–H and O–H groups in total. The van der Waals surface area contributed by atoms with Gasteiger partial charge in [-0.2, -0.15) is 8.42 Å². The first-order valence-corrected chi connectivity index (χ1v) is 11.8. The maximum Gasteiger partial charge on any atom is 0.267 e. The van der Waals surface area contributed by atoms with E-state index in [1.165, 1.54) is 11.8 Å². The summed E-state index contributed by atoms with van der Waals surface area (Å²) in [5, 5.41) is -0.992. The maximum absolute atomic E-state index is 13.6. The number of aliphatic imine (C=N–C) groups is 1. The highest BCUT2D eigenvalue weighted by Gasteiger charge is 2.49. The van der Waals surface area contributed by atoms with Crippen LogP contribution in [0.15, 0.2) is 78.0 Å². The van der Waals surface area contributed by atoms with Crippen molar-refractivity contribution >= 4 is 22.0 Å². The minimum Gasteiger partial charge on any atom is -0.369 e. The second kappa shape index (κ2) is 8.42. The topological polar surface area (TPSA) is 126 Å². The molecule has 0 bridgehead atoms. The van der Waals surface area contributed by atoms with Gasteiger partial charge in [-0.25, -0.2) is 4.99 Å². The van der Waals surface area contributed by atoms with Crippen LogP contribution in [0.3, 0.4) is 0 Å². The van der Waals surface area contributed by atoms with Crippen molar-refractivity contribution in [2.45, 2.75) is 24.1 Å². The van der Waals surface area contributed by atoms with E-state index in [9.17, 15) is 17.8 Å². The van der Waals surface area contributed by atoms with Gasteiger partial charge in [-0.3, -0.25) is 19.2 Å². The third-order valence-electron chi connectivity index (χ3n) is 5.89. The first kappa shape index (κ1) is 22.6. The molecule has 170 valence electrons. The van der Waals surface area contributed by atoms with E-state index in [-0.39, 0.29) is 18.3 Å². The molecule has 33 heavy (non-hydrogen) atoms. The molecule has 2 atom stereocenters. The van der Waals surface area contributed by atoms with Crippen LogP contribution in [0.25, 0.3) is 11.1 Å². The quantitative estimate of drug-likeness (QED) is 0.540. The van der Waals surface area contributed by atoms with E-state index in [0.29, 0.717) is 16.7 Å². The predicted octanol–water partition coefficient (Wildman–Crippen LogP) is 2.60. The van der Waals surface area contributed by atoms with E-state index in [2.05, 4.69) is 9.98 Å². The Bertz CT molecular complexity index is 1340. The fourth-order valence-electron chi connectivity index (χ4n) is 4.00. The van der Waals surface area contributed by atoms with Crippen LogP contribution < -0.4 is 5.73 Å². The molecular weight excluding hydrogens is 440 g/mol. The molecule has 1 aliphatic heterocycles. The molecule has 2 unspecified atom stereocenters. The zero-order valence-corrected chi connectivity index (χ0v) is 19.0. The van der Waals surface area contributed by atoms with Gasteiger partial charge in [0.15, 0.2) is 11.5 Å². The Kier molecular flexibility index (Phi) is 5.77. The Morgan fingerprint density at radius 1 is 1.06 bits per heavy atom. The molecule has 3 aromatic rings. The van der Waals surface area contributed by atoms with E-state index in [1.54, 1.807) is 43.7 Å². The molecule has 8 nitrogen and oxygen atoms in total. The number of amides is 1. The number of nitrogens with zero attached hydrogens (tertiary/aromatic N) is 3. The van der Waals surface area contributed by atoms with E-state index in [1.807, 2.05) is 36.4 Å². The zero-order chi connectivity index (χ0) is 23.8. The molecule has 2 heterocycles. The van der Waals surface area contributed by atoms with Crippen molar-refractivity contribution < 1.29 is 17.8 Å². The summed E-state index contributed by atoms with van der Waals surface area (Å²) >= 11 is 0. The lowest BCUT2D eigenvalue weighted by Crippen LogP contribution is -2.41. The van der Waals surface area contributed by atoms with Crippen LogP contribution in [0.1, 0.15) is 23.6 Å². The third kappa shape index (κ3) is 4.12. The predicted molar refractivity (Wildman–Crippen MR) is 126 cm³/mol. The summed E-state index contributed by atoms with van der Waals surface area (Å²) in [6.07, 6.45) is 3.51. The molecule has 9 heteroatoms. The summed E-state index contributed by atoms with van der Waals surface area (Å²) in [4.78, 5) is 23.7. The minimum absolute atomic E-state index is 0.0850. The molecule has 4 rings (SSSR count). The lowest BCUT2D eigenvalue weighted by Gasteiger charge is -2.27. The molecule has 0 spiro atoms. The van der Waals surface area contributed by atoms with Crippen LogP contribution in [-0.4, -0.2) is 47.0 Å². The summed E-state index contributed by atoms with van der Waals surface area (Å²) in [7, 11) is -2.63. The molecule has 1 aromatic heterocycles. The van der Waals surface area contributed by atoms with Crippen LogP contribution in [0.4, 0.5) is 0 Å². The highest BCUT2D eigenvalue weighted by Crippen LogP contribution is 2.40. The molecule has 0 saturated heterocycles. The SMILES string of the molecule is CC(Cc1cccc(C2(c3cccc(-c4cccnc4)c3)N=C(N)N(C)C2=O)c1)S(=O)(=O)O. The van der Waals surface area contributed by atoms with Crippen molar-refractivity contribution in [3.05, 3.63) is 89.7 Å². The maximum atomic E-state index is 13.6. The molecule has 0 saturated carbocycles. The van der Waals surface area contributed by atoms with Crippen LogP contribution in [0.5, 0.6) is 0 Å². The van der Waals surface area contributed by atoms with Crippen molar-refractivity contribution in [1.29, 1.82) is 0 Å². The third-order valence-corrected chi connectivity index (χ3v) is 7.08. The largest absolute Gasteiger partial charge is 0.369 e. The smallest absolute Gasteiger partial charge is 0.267 e. The second-order valence-electron chi connectivity index (χ2n) is 8.10. The van der Waals surface area contributed by atoms with Gasteiger partial charge in [-0.1, -0.05) is 48.5 Å². The Balaban J connectivity index is 1.87. The van der Waals surface area contributed by atoms with Gasteiger partial charge in [0, 0.05) is 19.4 Å². The number of rotatable bonds is 6. The molecule has 2 aromatic carbocycles. The number of carbonyl (C=O) groups excluding carboxylic acids is 1. The molecule has 0 radical (unpaired) electrons. The Labute approximate surface area is 192 Å². The zero-order valence-electron chi connectivity index (χ0n) is 18.2. The van der Waals surface area contributed by atoms with Gasteiger partial charge in [0.2, 0.25) is 0 Å². The molecule has 1 aliphatic rings. The van der Waals surface area contributed by atoms with Gasteiger partial charge in [-0.15, -0.1) is 0 Å². The van der Waals surface area contributed by atoms with Gasteiger partial charge in [0.25, 0.3) is 16.0 Å². The van der Waals surface area contributed by atoms with Crippen LogP contribution in [-0.2, 0) is 26.9 Å². The highest BCUT2D eigenvalue weighted by molar-refractivity contribution is 7.86. The second-order valence-corrected chi connectivity index (χ2v) is 9.93. The van der Waals surface area contributed by atoms with Crippen molar-refractivity contribution in [3.8, 4) is 11.1 Å². The number of hydrogen-bond donors (Lipinski definition) is 2. The van der Waals surface area contributed by atoms with Crippen LogP contribution in [0.2, 0.25) is 0 Å². The number of likely N-dealkylation sites (N-methyl/N-ethyl adjacent to an activating group) is 1. The van der Waals surface area contributed by atoms with E-state index >= 15 is 0 Å². The lowest BCUT2D eigenvalue weighted by atomic mass is 9.81. The Morgan fingerprint density at radius 3 is 2.33 bits per heavy atom. The van der Waals surface area contributed by atoms with Crippen molar-refractivity contribution in [3.63, 3.8) is 0 Å². The number of aromatic nitrogens is 1. The summed E-state index contributed by atoms with van der Waals surface area (Å²) in [6.45, 7) is 1.43. The summed E-state index contributed by atoms with van der Waals surface area (Å²) in [5.41, 5.74) is 8.25. The minimum atomic E-state index is -4.19. The van der Waals surface area contributed by atoms with Crippen molar-refractivity contribution in [2.75, 3.05) is 7.05 Å². The number of hydrogen-bond acceptors (Lipinski definition) is 6. The summed E-state index contributed by atoms with van der Waals surface area (Å²) < 4.78 is 32.4. The normalized spacial score (nSPS) is 19.4. The summed E-state index contributed by atoms with van der Waals surface area (Å²) in [5.74, 6) is -0.230. The van der Waals surface area contributed by atoms with Crippen molar-refractivity contribution in [1.82, 2.24) is 9.88 Å². The van der Waals surface area contributed by atoms with Crippen LogP contribution in [0, 0.1) is 0 Å². The number of carbonyl (C=O) groups is 1. The van der Waals surface area contributed by atoms with Gasteiger partial charge >= 0.3 is 0 Å². The van der Waals surface area contributed by atoms with E-state index < -0.39 is 20.9 Å². The first-order chi connectivity index (χ1) is 15.6. The first-order valence-electron chi connectivity index (χ1n) is 10.3. The average molecular weight is 465 g/mol. The van der Waals surface area contributed by atoms with Crippen LogP contribution >= 0.6 is 0 Å². The lowest BCUT2D eigenvalue weighted by molar-refractivity contribution is -0.129. The standard InChI is InChI=1S/C24H24N4O4S/c1-16(33(30,31)32)12-17-6-3-9-20(13-17)24(22(29)28(2)23(25)27-24)21-10-4-7-18(14-21)19-8-5-11-26-15-19/h3-11,13-16H,12H2,1-2H3,(H2,25,27)(H,30,31,32). The van der Waals surface area contributed by atoms with E-state index in [0.717, 1.165) is 11.1 Å². The molecular formula is C24H24N4O4S. The molecule has 1 amide bonds. The highest BCUT2D eigenvalue weighted by atomic mass is 32.2. The van der Waals surface area contributed by atoms with Gasteiger partial charge in [-0.05, 0) is 53.3 Å². The number of pyridine rings is 1. The fourth-order valence-corrected chi connectivity index (χ4v) is 4.41. The Hall–Kier alpha value is -3.56. The Morgan fingerprint density at radius 2 is 1.73 bits per heavy atom. The van der Waals surface area contributed by atoms with Gasteiger partial charge < -0.3 is 5.73 Å². The average Bonchev–Trinajstić information content (AvgIpc) is 3.04. The molecule has 0 aliphatic carbocycles.